The van der Waals surface area contributed by atoms with Crippen LogP contribution in [0.2, 0.25) is 0 Å². The van der Waals surface area contributed by atoms with Crippen molar-refractivity contribution in [3.63, 3.8) is 0 Å². The Kier molecular flexibility index (Phi) is 3.31. The summed E-state index contributed by atoms with van der Waals surface area (Å²) < 4.78 is 48.5. The van der Waals surface area contributed by atoms with Gasteiger partial charge in [-0.2, -0.15) is 13.2 Å². The van der Waals surface area contributed by atoms with Crippen LogP contribution in [0.5, 0.6) is 11.5 Å². The van der Waals surface area contributed by atoms with Crippen molar-refractivity contribution in [2.45, 2.75) is 24.4 Å². The van der Waals surface area contributed by atoms with Gasteiger partial charge in [-0.05, 0) is 18.9 Å². The number of benzene rings is 1. The molecule has 1 aromatic carbocycles. The predicted molar refractivity (Wildman–Crippen MR) is 63.1 cm³/mol. The second-order valence-electron chi connectivity index (χ2n) is 4.61. The zero-order valence-corrected chi connectivity index (χ0v) is 10.9. The van der Waals surface area contributed by atoms with Crippen molar-refractivity contribution in [1.29, 1.82) is 0 Å². The number of hydrogen-bond donors (Lipinski definition) is 1. The number of carbonyl (C=O) groups is 1. The molecule has 0 atom stereocenters. The molecule has 0 amide bonds. The minimum Gasteiger partial charge on any atom is -0.493 e. The Morgan fingerprint density at radius 1 is 1.20 bits per heavy atom. The molecule has 1 fully saturated rings. The van der Waals surface area contributed by atoms with Gasteiger partial charge in [0.15, 0.2) is 11.5 Å². The van der Waals surface area contributed by atoms with E-state index in [2.05, 4.69) is 0 Å². The Bertz CT molecular complexity index is 547. The Morgan fingerprint density at radius 2 is 1.75 bits per heavy atom. The minimum absolute atomic E-state index is 0.165. The van der Waals surface area contributed by atoms with E-state index in [1.165, 1.54) is 7.11 Å². The number of carboxylic acids is 1. The van der Waals surface area contributed by atoms with Crippen molar-refractivity contribution in [2.75, 3.05) is 14.2 Å². The molecule has 1 saturated carbocycles. The van der Waals surface area contributed by atoms with Crippen molar-refractivity contribution in [2.24, 2.45) is 0 Å². The molecule has 0 radical (unpaired) electrons. The van der Waals surface area contributed by atoms with E-state index in [-0.39, 0.29) is 11.3 Å². The van der Waals surface area contributed by atoms with Crippen LogP contribution in [0.3, 0.4) is 0 Å². The lowest BCUT2D eigenvalue weighted by Gasteiger charge is -2.20. The van der Waals surface area contributed by atoms with Gasteiger partial charge in [-0.1, -0.05) is 6.07 Å². The molecule has 0 bridgehead atoms. The van der Waals surface area contributed by atoms with Gasteiger partial charge < -0.3 is 14.6 Å². The third-order valence-corrected chi connectivity index (χ3v) is 3.50. The summed E-state index contributed by atoms with van der Waals surface area (Å²) in [5.74, 6) is -1.72. The molecule has 7 heteroatoms. The molecule has 20 heavy (non-hydrogen) atoms. The predicted octanol–water partition coefficient (Wildman–Crippen LogP) is 2.84. The van der Waals surface area contributed by atoms with Crippen LogP contribution >= 0.6 is 0 Å². The van der Waals surface area contributed by atoms with Crippen molar-refractivity contribution >= 4 is 5.97 Å². The molecule has 1 aliphatic carbocycles. The van der Waals surface area contributed by atoms with E-state index in [0.29, 0.717) is 12.8 Å². The van der Waals surface area contributed by atoms with Gasteiger partial charge in [0.05, 0.1) is 19.6 Å². The summed E-state index contributed by atoms with van der Waals surface area (Å²) in [6.07, 6.45) is -3.86. The highest BCUT2D eigenvalue weighted by Crippen LogP contribution is 2.55. The zero-order chi connectivity index (χ0) is 15.1. The van der Waals surface area contributed by atoms with Crippen LogP contribution < -0.4 is 9.47 Å². The fraction of sp³-hybridized carbons (Fsp3) is 0.462. The van der Waals surface area contributed by atoms with Crippen molar-refractivity contribution in [3.05, 3.63) is 23.3 Å². The summed E-state index contributed by atoms with van der Waals surface area (Å²) >= 11 is 0. The van der Waals surface area contributed by atoms with Crippen LogP contribution in [-0.2, 0) is 16.4 Å². The normalized spacial score (nSPS) is 16.6. The lowest BCUT2D eigenvalue weighted by Crippen LogP contribution is -2.21. The van der Waals surface area contributed by atoms with Gasteiger partial charge in [-0.15, -0.1) is 0 Å². The molecular formula is C13H13F3O4. The van der Waals surface area contributed by atoms with Crippen LogP contribution in [0.1, 0.15) is 24.0 Å². The van der Waals surface area contributed by atoms with Crippen LogP contribution in [0, 0.1) is 0 Å². The van der Waals surface area contributed by atoms with Crippen LogP contribution in [0.15, 0.2) is 12.1 Å². The molecular weight excluding hydrogens is 277 g/mol. The van der Waals surface area contributed by atoms with Gasteiger partial charge in [0.1, 0.15) is 5.56 Å². The summed E-state index contributed by atoms with van der Waals surface area (Å²) in [5, 5.41) is 9.25. The Morgan fingerprint density at radius 3 is 2.10 bits per heavy atom. The average molecular weight is 290 g/mol. The molecule has 0 heterocycles. The summed E-state index contributed by atoms with van der Waals surface area (Å²) in [6.45, 7) is 0. The lowest BCUT2D eigenvalue weighted by atomic mass is 9.93. The van der Waals surface area contributed by atoms with E-state index in [4.69, 9.17) is 9.47 Å². The summed E-state index contributed by atoms with van der Waals surface area (Å²) in [5.41, 5.74) is -1.93. The standard InChI is InChI=1S/C13H13F3O4/c1-19-9-7(12(5-6-12)11(17)18)3-4-8(10(9)20-2)13(14,15)16/h3-4H,5-6H2,1-2H3,(H,17,18). The molecule has 2 rings (SSSR count). The van der Waals surface area contributed by atoms with Gasteiger partial charge in [-0.3, -0.25) is 4.79 Å². The third kappa shape index (κ3) is 2.07. The Hall–Kier alpha value is -1.92. The number of carboxylic acid groups (broad SMARTS) is 1. The number of aliphatic carboxylic acids is 1. The molecule has 1 aliphatic rings. The number of hydrogen-bond acceptors (Lipinski definition) is 3. The first-order valence-corrected chi connectivity index (χ1v) is 5.84. The second-order valence-corrected chi connectivity index (χ2v) is 4.61. The van der Waals surface area contributed by atoms with Gasteiger partial charge in [0.2, 0.25) is 0 Å². The molecule has 0 unspecified atom stereocenters. The second kappa shape index (κ2) is 4.57. The number of halogens is 3. The Labute approximate surface area is 113 Å². The molecule has 0 aliphatic heterocycles. The molecule has 0 aromatic heterocycles. The van der Waals surface area contributed by atoms with Crippen molar-refractivity contribution < 1.29 is 32.5 Å². The van der Waals surface area contributed by atoms with Gasteiger partial charge in [0.25, 0.3) is 0 Å². The Balaban J connectivity index is 2.65. The van der Waals surface area contributed by atoms with Gasteiger partial charge >= 0.3 is 12.1 Å². The van der Waals surface area contributed by atoms with E-state index in [9.17, 15) is 23.1 Å². The first-order chi connectivity index (χ1) is 9.28. The molecule has 0 spiro atoms. The largest absolute Gasteiger partial charge is 0.493 e. The molecule has 0 saturated heterocycles. The number of methoxy groups -OCH3 is 2. The smallest absolute Gasteiger partial charge is 0.420 e. The maximum absolute atomic E-state index is 12.9. The molecule has 1 aromatic rings. The van der Waals surface area contributed by atoms with E-state index < -0.39 is 28.9 Å². The van der Waals surface area contributed by atoms with Crippen LogP contribution in [0.25, 0.3) is 0 Å². The maximum Gasteiger partial charge on any atom is 0.420 e. The number of alkyl halides is 3. The van der Waals surface area contributed by atoms with Gasteiger partial charge in [-0.25, -0.2) is 0 Å². The van der Waals surface area contributed by atoms with E-state index >= 15 is 0 Å². The summed E-state index contributed by atoms with van der Waals surface area (Å²) in [7, 11) is 2.29. The number of rotatable bonds is 4. The number of ether oxygens (including phenoxy) is 2. The van der Waals surface area contributed by atoms with Crippen molar-refractivity contribution in [1.82, 2.24) is 0 Å². The highest BCUT2D eigenvalue weighted by Gasteiger charge is 2.54. The fourth-order valence-corrected chi connectivity index (χ4v) is 2.29. The molecule has 110 valence electrons. The SMILES string of the molecule is COc1c(C(F)(F)F)ccc(C2(C(=O)O)CC2)c1OC. The van der Waals surface area contributed by atoms with E-state index in [1.54, 1.807) is 0 Å². The summed E-state index contributed by atoms with van der Waals surface area (Å²) in [6, 6.07) is 1.99. The highest BCUT2D eigenvalue weighted by atomic mass is 19.4. The first kappa shape index (κ1) is 14.5. The minimum atomic E-state index is -4.60. The summed E-state index contributed by atoms with van der Waals surface area (Å²) in [4.78, 5) is 11.3. The van der Waals surface area contributed by atoms with Crippen LogP contribution in [0.4, 0.5) is 13.2 Å². The molecule has 1 N–H and O–H groups in total. The fourth-order valence-electron chi connectivity index (χ4n) is 2.29. The van der Waals surface area contributed by atoms with E-state index in [1.807, 2.05) is 0 Å². The van der Waals surface area contributed by atoms with Crippen LogP contribution in [-0.4, -0.2) is 25.3 Å². The average Bonchev–Trinajstić information content (AvgIpc) is 3.16. The maximum atomic E-state index is 12.9. The molecule has 4 nitrogen and oxygen atoms in total. The van der Waals surface area contributed by atoms with Gasteiger partial charge in [0, 0.05) is 5.56 Å². The van der Waals surface area contributed by atoms with E-state index in [0.717, 1.165) is 19.2 Å². The first-order valence-electron chi connectivity index (χ1n) is 5.84. The lowest BCUT2D eigenvalue weighted by molar-refractivity contribution is -0.140. The quantitative estimate of drug-likeness (QED) is 0.926. The topological polar surface area (TPSA) is 55.8 Å². The monoisotopic (exact) mass is 290 g/mol. The highest BCUT2D eigenvalue weighted by molar-refractivity contribution is 5.86. The third-order valence-electron chi connectivity index (χ3n) is 3.50. The van der Waals surface area contributed by atoms with Crippen molar-refractivity contribution in [3.8, 4) is 11.5 Å². The zero-order valence-electron chi connectivity index (χ0n) is 10.9.